The maximum Gasteiger partial charge on any atom is 0.243 e. The molecule has 1 saturated heterocycles. The Morgan fingerprint density at radius 2 is 1.85 bits per heavy atom. The quantitative estimate of drug-likeness (QED) is 0.497. The minimum absolute atomic E-state index is 0.164. The predicted octanol–water partition coefficient (Wildman–Crippen LogP) is 4.02. The van der Waals surface area contributed by atoms with Gasteiger partial charge in [-0.25, -0.2) is 13.1 Å². The van der Waals surface area contributed by atoms with Crippen LogP contribution >= 0.6 is 0 Å². The van der Waals surface area contributed by atoms with Crippen LogP contribution in [0.3, 0.4) is 0 Å². The van der Waals surface area contributed by atoms with Crippen LogP contribution in [0.2, 0.25) is 0 Å². The van der Waals surface area contributed by atoms with Crippen LogP contribution in [0, 0.1) is 0 Å². The fraction of sp³-hybridized carbons (Fsp3) is 0.360. The number of ether oxygens (including phenoxy) is 1. The standard InChI is InChI=1S/C25H30N4O4S/c1-2-33-24-13-12-22(34(31,32)28-15-7-4-8-16-28)17-23(24)27-25(30)14-11-20-18-26-29(19-20)21-9-5-3-6-10-21/h3,5-6,9-10,12-13,17-19H,2,4,7-8,11,14-16H2,1H3,(H,27,30). The highest BCUT2D eigenvalue weighted by atomic mass is 32.2. The molecule has 1 fully saturated rings. The van der Waals surface area contributed by atoms with E-state index in [1.807, 2.05) is 43.5 Å². The summed E-state index contributed by atoms with van der Waals surface area (Å²) in [4.78, 5) is 12.9. The third-order valence-corrected chi connectivity index (χ3v) is 7.67. The maximum absolute atomic E-state index is 13.1. The number of para-hydroxylation sites is 1. The van der Waals surface area contributed by atoms with Crippen molar-refractivity contribution < 1.29 is 17.9 Å². The van der Waals surface area contributed by atoms with Gasteiger partial charge in [-0.2, -0.15) is 9.40 Å². The molecule has 1 amide bonds. The third-order valence-electron chi connectivity index (χ3n) is 5.78. The van der Waals surface area contributed by atoms with E-state index in [9.17, 15) is 13.2 Å². The normalized spacial score (nSPS) is 14.6. The van der Waals surface area contributed by atoms with E-state index in [0.717, 1.165) is 30.5 Å². The Labute approximate surface area is 200 Å². The lowest BCUT2D eigenvalue weighted by molar-refractivity contribution is -0.116. The van der Waals surface area contributed by atoms with Crippen molar-refractivity contribution >= 4 is 21.6 Å². The van der Waals surface area contributed by atoms with Gasteiger partial charge in [-0.15, -0.1) is 0 Å². The van der Waals surface area contributed by atoms with E-state index in [0.29, 0.717) is 37.6 Å². The monoisotopic (exact) mass is 482 g/mol. The summed E-state index contributed by atoms with van der Waals surface area (Å²) in [6.45, 7) is 3.29. The number of benzene rings is 2. The average molecular weight is 483 g/mol. The Morgan fingerprint density at radius 3 is 2.59 bits per heavy atom. The molecule has 0 radical (unpaired) electrons. The van der Waals surface area contributed by atoms with E-state index < -0.39 is 10.0 Å². The molecule has 34 heavy (non-hydrogen) atoms. The average Bonchev–Trinajstić information content (AvgIpc) is 3.34. The summed E-state index contributed by atoms with van der Waals surface area (Å²) >= 11 is 0. The molecule has 9 heteroatoms. The SMILES string of the molecule is CCOc1ccc(S(=O)(=O)N2CCCCC2)cc1NC(=O)CCc1cnn(-c2ccccc2)c1. The molecule has 0 spiro atoms. The van der Waals surface area contributed by atoms with Gasteiger partial charge in [-0.1, -0.05) is 24.6 Å². The molecule has 4 rings (SSSR count). The molecule has 2 heterocycles. The van der Waals surface area contributed by atoms with E-state index in [1.54, 1.807) is 23.0 Å². The predicted molar refractivity (Wildman–Crippen MR) is 131 cm³/mol. The Kier molecular flexibility index (Phi) is 7.64. The number of amides is 1. The Hall–Kier alpha value is -3.17. The lowest BCUT2D eigenvalue weighted by Crippen LogP contribution is -2.35. The van der Waals surface area contributed by atoms with Crippen LogP contribution in [-0.4, -0.2) is 48.1 Å². The van der Waals surface area contributed by atoms with Gasteiger partial charge in [0, 0.05) is 25.7 Å². The van der Waals surface area contributed by atoms with Gasteiger partial charge in [0.05, 0.1) is 29.1 Å². The van der Waals surface area contributed by atoms with Gasteiger partial charge in [-0.3, -0.25) is 4.79 Å². The highest BCUT2D eigenvalue weighted by molar-refractivity contribution is 7.89. The zero-order chi connectivity index (χ0) is 24.0. The van der Waals surface area contributed by atoms with E-state index >= 15 is 0 Å². The molecule has 0 aliphatic carbocycles. The first kappa shape index (κ1) is 24.0. The largest absolute Gasteiger partial charge is 0.492 e. The van der Waals surface area contributed by atoms with Gasteiger partial charge in [0.2, 0.25) is 15.9 Å². The van der Waals surface area contributed by atoms with Gasteiger partial charge in [0.1, 0.15) is 5.75 Å². The number of sulfonamides is 1. The molecule has 0 unspecified atom stereocenters. The smallest absolute Gasteiger partial charge is 0.243 e. The molecule has 1 N–H and O–H groups in total. The molecule has 180 valence electrons. The molecule has 0 bridgehead atoms. The van der Waals surface area contributed by atoms with E-state index in [-0.39, 0.29) is 17.2 Å². The van der Waals surface area contributed by atoms with Crippen molar-refractivity contribution in [3.05, 3.63) is 66.5 Å². The van der Waals surface area contributed by atoms with Crippen molar-refractivity contribution in [2.75, 3.05) is 25.0 Å². The third kappa shape index (κ3) is 5.66. The van der Waals surface area contributed by atoms with Crippen molar-refractivity contribution in [3.63, 3.8) is 0 Å². The van der Waals surface area contributed by atoms with Crippen LogP contribution in [0.15, 0.2) is 65.8 Å². The van der Waals surface area contributed by atoms with Gasteiger partial charge >= 0.3 is 0 Å². The molecule has 0 atom stereocenters. The summed E-state index contributed by atoms with van der Waals surface area (Å²) in [5, 5.41) is 7.21. The van der Waals surface area contributed by atoms with Crippen LogP contribution < -0.4 is 10.1 Å². The lowest BCUT2D eigenvalue weighted by Gasteiger charge is -2.26. The zero-order valence-electron chi connectivity index (χ0n) is 19.3. The number of rotatable bonds is 9. The summed E-state index contributed by atoms with van der Waals surface area (Å²) in [7, 11) is -3.62. The second-order valence-corrected chi connectivity index (χ2v) is 10.2. The number of carbonyl (C=O) groups is 1. The maximum atomic E-state index is 13.1. The van der Waals surface area contributed by atoms with Gasteiger partial charge in [0.25, 0.3) is 0 Å². The number of aryl methyl sites for hydroxylation is 1. The second kappa shape index (κ2) is 10.8. The Bertz CT molecular complexity index is 1220. The fourth-order valence-electron chi connectivity index (χ4n) is 3.98. The molecule has 3 aromatic rings. The van der Waals surface area contributed by atoms with Crippen LogP contribution in [0.25, 0.3) is 5.69 Å². The number of piperidine rings is 1. The van der Waals surface area contributed by atoms with E-state index in [1.165, 1.54) is 10.4 Å². The minimum atomic E-state index is -3.62. The molecular weight excluding hydrogens is 452 g/mol. The Balaban J connectivity index is 1.45. The second-order valence-electron chi connectivity index (χ2n) is 8.23. The van der Waals surface area contributed by atoms with Crippen molar-refractivity contribution in [2.45, 2.75) is 43.9 Å². The first-order chi connectivity index (χ1) is 16.5. The van der Waals surface area contributed by atoms with Crippen molar-refractivity contribution in [1.29, 1.82) is 0 Å². The zero-order valence-corrected chi connectivity index (χ0v) is 20.1. The summed E-state index contributed by atoms with van der Waals surface area (Å²) in [6, 6.07) is 14.4. The topological polar surface area (TPSA) is 93.5 Å². The number of carbonyl (C=O) groups excluding carboxylic acids is 1. The van der Waals surface area contributed by atoms with Crippen LogP contribution in [0.1, 0.15) is 38.2 Å². The molecule has 0 saturated carbocycles. The molecule has 2 aromatic carbocycles. The van der Waals surface area contributed by atoms with E-state index in [2.05, 4.69) is 10.4 Å². The first-order valence-electron chi connectivity index (χ1n) is 11.6. The number of anilines is 1. The summed E-state index contributed by atoms with van der Waals surface area (Å²) in [5.41, 5.74) is 2.25. The molecule has 1 aromatic heterocycles. The molecule has 1 aliphatic heterocycles. The van der Waals surface area contributed by atoms with Gasteiger partial charge in [0.15, 0.2) is 0 Å². The van der Waals surface area contributed by atoms with Crippen LogP contribution in [0.4, 0.5) is 5.69 Å². The number of hydrogen-bond acceptors (Lipinski definition) is 5. The summed E-state index contributed by atoms with van der Waals surface area (Å²) in [6.07, 6.45) is 7.16. The summed E-state index contributed by atoms with van der Waals surface area (Å²) < 4.78 is 35.1. The van der Waals surface area contributed by atoms with Crippen molar-refractivity contribution in [3.8, 4) is 11.4 Å². The number of aromatic nitrogens is 2. The number of nitrogens with zero attached hydrogens (tertiary/aromatic N) is 3. The molecule has 1 aliphatic rings. The van der Waals surface area contributed by atoms with Gasteiger partial charge < -0.3 is 10.1 Å². The highest BCUT2D eigenvalue weighted by Gasteiger charge is 2.27. The van der Waals surface area contributed by atoms with Crippen molar-refractivity contribution in [2.24, 2.45) is 0 Å². The molecule has 8 nitrogen and oxygen atoms in total. The van der Waals surface area contributed by atoms with E-state index in [4.69, 9.17) is 4.74 Å². The number of nitrogens with one attached hydrogen (secondary N) is 1. The first-order valence-corrected chi connectivity index (χ1v) is 13.1. The Morgan fingerprint density at radius 1 is 1.09 bits per heavy atom. The number of hydrogen-bond donors (Lipinski definition) is 1. The lowest BCUT2D eigenvalue weighted by atomic mass is 10.2. The van der Waals surface area contributed by atoms with Crippen LogP contribution in [-0.2, 0) is 21.2 Å². The fourth-order valence-corrected chi connectivity index (χ4v) is 5.53. The van der Waals surface area contributed by atoms with Crippen LogP contribution in [0.5, 0.6) is 5.75 Å². The van der Waals surface area contributed by atoms with Crippen molar-refractivity contribution in [1.82, 2.24) is 14.1 Å². The van der Waals surface area contributed by atoms with Gasteiger partial charge in [-0.05, 0) is 62.1 Å². The minimum Gasteiger partial charge on any atom is -0.492 e. The highest BCUT2D eigenvalue weighted by Crippen LogP contribution is 2.30. The molecular formula is C25H30N4O4S. The summed E-state index contributed by atoms with van der Waals surface area (Å²) in [5.74, 6) is 0.228.